The molecule has 0 radical (unpaired) electrons. The molecule has 1 aliphatic carbocycles. The third-order valence-corrected chi connectivity index (χ3v) is 5.07. The van der Waals surface area contributed by atoms with Crippen molar-refractivity contribution in [2.24, 2.45) is 11.3 Å². The molecule has 0 aliphatic heterocycles. The van der Waals surface area contributed by atoms with Crippen LogP contribution in [-0.4, -0.2) is 5.78 Å². The number of ketones is 1. The first-order chi connectivity index (χ1) is 9.92. The summed E-state index contributed by atoms with van der Waals surface area (Å²) in [4.78, 5) is 12.1. The number of anilines is 1. The highest BCUT2D eigenvalue weighted by Crippen LogP contribution is 2.41. The van der Waals surface area contributed by atoms with Gasteiger partial charge in [0.2, 0.25) is 0 Å². The van der Waals surface area contributed by atoms with Crippen LogP contribution < -0.4 is 5.32 Å². The Hall–Kier alpha value is -1.28. The number of hydrogen-bond acceptors (Lipinski definition) is 2. The van der Waals surface area contributed by atoms with Gasteiger partial charge in [-0.2, -0.15) is 0 Å². The minimum Gasteiger partial charge on any atom is -0.361 e. The number of nitrogens with one attached hydrogen (secondary N) is 1. The van der Waals surface area contributed by atoms with Gasteiger partial charge in [0.1, 0.15) is 0 Å². The van der Waals surface area contributed by atoms with Crippen LogP contribution >= 0.6 is 11.6 Å². The lowest BCUT2D eigenvalue weighted by Crippen LogP contribution is -2.29. The average Bonchev–Trinajstić information content (AvgIpc) is 2.48. The fraction of sp³-hybridized carbons (Fsp3) is 0.500. The Kier molecular flexibility index (Phi) is 5.10. The average molecular weight is 306 g/mol. The highest BCUT2D eigenvalue weighted by atomic mass is 35.5. The molecule has 0 unspecified atom stereocenters. The second-order valence-electron chi connectivity index (χ2n) is 6.53. The monoisotopic (exact) mass is 305 g/mol. The summed E-state index contributed by atoms with van der Waals surface area (Å²) in [5, 5.41) is 3.94. The molecule has 0 saturated heterocycles. The van der Waals surface area contributed by atoms with Crippen LogP contribution in [0.5, 0.6) is 0 Å². The van der Waals surface area contributed by atoms with Gasteiger partial charge in [-0.25, -0.2) is 0 Å². The molecular weight excluding hydrogens is 282 g/mol. The van der Waals surface area contributed by atoms with Crippen LogP contribution in [0.15, 0.2) is 36.0 Å². The highest BCUT2D eigenvalue weighted by molar-refractivity contribution is 6.30. The molecule has 1 saturated carbocycles. The van der Waals surface area contributed by atoms with Gasteiger partial charge in [-0.05, 0) is 48.4 Å². The fourth-order valence-corrected chi connectivity index (χ4v) is 2.88. The molecule has 114 valence electrons. The number of carbonyl (C=O) groups is 1. The van der Waals surface area contributed by atoms with Crippen molar-refractivity contribution in [1.29, 1.82) is 0 Å². The topological polar surface area (TPSA) is 29.1 Å². The van der Waals surface area contributed by atoms with E-state index < -0.39 is 0 Å². The number of rotatable bonds is 4. The van der Waals surface area contributed by atoms with Gasteiger partial charge in [0.05, 0.1) is 0 Å². The molecule has 1 fully saturated rings. The Bertz CT molecular complexity index is 531. The summed E-state index contributed by atoms with van der Waals surface area (Å²) in [5.74, 6) is 0.859. The van der Waals surface area contributed by atoms with E-state index in [1.165, 1.54) is 0 Å². The molecule has 0 spiro atoms. The number of allylic oxidation sites excluding steroid dienone is 1. The zero-order valence-electron chi connectivity index (χ0n) is 13.1. The van der Waals surface area contributed by atoms with E-state index in [9.17, 15) is 4.79 Å². The molecule has 21 heavy (non-hydrogen) atoms. The minimum absolute atomic E-state index is 0.277. The maximum Gasteiger partial charge on any atom is 0.160 e. The van der Waals surface area contributed by atoms with Crippen molar-refractivity contribution in [1.82, 2.24) is 0 Å². The number of carbonyl (C=O) groups excluding carboxylic acids is 1. The quantitative estimate of drug-likeness (QED) is 0.750. The Morgan fingerprint density at radius 1 is 1.33 bits per heavy atom. The van der Waals surface area contributed by atoms with Gasteiger partial charge in [-0.3, -0.25) is 4.79 Å². The van der Waals surface area contributed by atoms with E-state index in [1.54, 1.807) is 0 Å². The van der Waals surface area contributed by atoms with Crippen molar-refractivity contribution in [2.75, 3.05) is 5.32 Å². The number of halogens is 1. The van der Waals surface area contributed by atoms with Crippen molar-refractivity contribution in [3.05, 3.63) is 41.1 Å². The predicted octanol–water partition coefficient (Wildman–Crippen LogP) is 5.44. The summed E-state index contributed by atoms with van der Waals surface area (Å²) in [7, 11) is 0. The molecule has 2 rings (SSSR count). The number of Topliss-reactive ketones (excluding diaryl/α,β-unsaturated/α-hetero) is 1. The van der Waals surface area contributed by atoms with Crippen molar-refractivity contribution in [2.45, 2.75) is 46.5 Å². The fourth-order valence-electron chi connectivity index (χ4n) is 2.76. The molecular formula is C18H24ClNO. The van der Waals surface area contributed by atoms with Crippen LogP contribution in [0.25, 0.3) is 0 Å². The van der Waals surface area contributed by atoms with Crippen molar-refractivity contribution in [3.8, 4) is 0 Å². The van der Waals surface area contributed by atoms with E-state index >= 15 is 0 Å². The lowest BCUT2D eigenvalue weighted by Gasteiger charge is -2.36. The summed E-state index contributed by atoms with van der Waals surface area (Å²) >= 11 is 5.87. The Morgan fingerprint density at radius 2 is 2.00 bits per heavy atom. The molecule has 1 atom stereocenters. The zero-order chi connectivity index (χ0) is 15.5. The zero-order valence-corrected chi connectivity index (χ0v) is 13.8. The molecule has 3 heteroatoms. The largest absolute Gasteiger partial charge is 0.361 e. The van der Waals surface area contributed by atoms with Gasteiger partial charge in [0.15, 0.2) is 5.78 Å². The van der Waals surface area contributed by atoms with Gasteiger partial charge >= 0.3 is 0 Å². The molecule has 0 heterocycles. The Balaban J connectivity index is 2.07. The predicted molar refractivity (Wildman–Crippen MR) is 89.6 cm³/mol. The molecule has 2 nitrogen and oxygen atoms in total. The maximum absolute atomic E-state index is 12.1. The molecule has 0 aromatic heterocycles. The van der Waals surface area contributed by atoms with Gasteiger partial charge in [0, 0.05) is 28.9 Å². The van der Waals surface area contributed by atoms with Crippen LogP contribution in [-0.2, 0) is 4.79 Å². The molecule has 1 aromatic carbocycles. The van der Waals surface area contributed by atoms with Crippen LogP contribution in [0.1, 0.15) is 46.5 Å². The summed E-state index contributed by atoms with van der Waals surface area (Å²) in [5.41, 5.74) is 2.17. The number of hydrogen-bond donors (Lipinski definition) is 1. The summed E-state index contributed by atoms with van der Waals surface area (Å²) in [6.07, 6.45) is 5.58. The van der Waals surface area contributed by atoms with E-state index in [-0.39, 0.29) is 5.78 Å². The molecule has 0 bridgehead atoms. The van der Waals surface area contributed by atoms with E-state index in [4.69, 9.17) is 11.6 Å². The first kappa shape index (κ1) is 16.1. The molecule has 0 amide bonds. The molecule has 1 aromatic rings. The third kappa shape index (κ3) is 4.10. The minimum atomic E-state index is 0.277. The van der Waals surface area contributed by atoms with Crippen molar-refractivity contribution >= 4 is 23.1 Å². The van der Waals surface area contributed by atoms with Crippen molar-refractivity contribution in [3.63, 3.8) is 0 Å². The van der Waals surface area contributed by atoms with Crippen LogP contribution in [0, 0.1) is 11.3 Å². The summed E-state index contributed by atoms with van der Waals surface area (Å²) in [6, 6.07) is 7.52. The second kappa shape index (κ2) is 6.65. The Morgan fingerprint density at radius 3 is 2.62 bits per heavy atom. The third-order valence-electron chi connectivity index (χ3n) is 4.82. The van der Waals surface area contributed by atoms with Crippen molar-refractivity contribution < 1.29 is 4.79 Å². The van der Waals surface area contributed by atoms with Crippen LogP contribution in [0.3, 0.4) is 0 Å². The second-order valence-corrected chi connectivity index (χ2v) is 6.96. The van der Waals surface area contributed by atoms with E-state index in [1.807, 2.05) is 30.5 Å². The lowest BCUT2D eigenvalue weighted by atomic mass is 9.68. The molecule has 1 aliphatic rings. The Labute approximate surface area is 132 Å². The SMILES string of the molecule is CCC(C)(C)[C@H]1CCC(=O)/C(=C/Nc2ccc(Cl)cc2)C1. The van der Waals surface area contributed by atoms with E-state index in [2.05, 4.69) is 26.1 Å². The summed E-state index contributed by atoms with van der Waals surface area (Å²) < 4.78 is 0. The van der Waals surface area contributed by atoms with Crippen LogP contribution in [0.4, 0.5) is 5.69 Å². The smallest absolute Gasteiger partial charge is 0.160 e. The van der Waals surface area contributed by atoms with Gasteiger partial charge < -0.3 is 5.32 Å². The molecule has 1 N–H and O–H groups in total. The number of benzene rings is 1. The first-order valence-electron chi connectivity index (χ1n) is 7.66. The normalized spacial score (nSPS) is 21.6. The standard InChI is InChI=1S/C18H24ClNO/c1-4-18(2,3)14-5-10-17(21)13(11-14)12-20-16-8-6-15(19)7-9-16/h6-9,12,14,20H,4-5,10-11H2,1-3H3/b13-12+/t14-/m0/s1. The lowest BCUT2D eigenvalue weighted by molar-refractivity contribution is -0.117. The van der Waals surface area contributed by atoms with Crippen LogP contribution in [0.2, 0.25) is 5.02 Å². The van der Waals surface area contributed by atoms with E-state index in [0.29, 0.717) is 22.8 Å². The van der Waals surface area contributed by atoms with Gasteiger partial charge in [0.25, 0.3) is 0 Å². The van der Waals surface area contributed by atoms with E-state index in [0.717, 1.165) is 30.5 Å². The summed E-state index contributed by atoms with van der Waals surface area (Å²) in [6.45, 7) is 6.83. The van der Waals surface area contributed by atoms with Gasteiger partial charge in [-0.15, -0.1) is 0 Å². The highest BCUT2D eigenvalue weighted by Gasteiger charge is 2.33. The van der Waals surface area contributed by atoms with Gasteiger partial charge in [-0.1, -0.05) is 38.8 Å². The maximum atomic E-state index is 12.1. The first-order valence-corrected chi connectivity index (χ1v) is 8.04.